The molecule has 2 fully saturated rings. The molecule has 1 aromatic carbocycles. The first-order chi connectivity index (χ1) is 12.0. The number of ether oxygens (including phenoxy) is 1. The quantitative estimate of drug-likeness (QED) is 0.755. The SMILES string of the molecule is O=C(/C=C/c1ccc(Cl)cc1Cl)N1CCN(C(=O)[C@@H]2CCCO2)CC1. The second-order valence-electron chi connectivity index (χ2n) is 6.15. The molecule has 0 saturated carbocycles. The van der Waals surface area contributed by atoms with E-state index in [2.05, 4.69) is 0 Å². The van der Waals surface area contributed by atoms with Crippen LogP contribution in [-0.4, -0.2) is 60.5 Å². The summed E-state index contributed by atoms with van der Waals surface area (Å²) in [6.45, 7) is 2.79. The fourth-order valence-corrected chi connectivity index (χ4v) is 3.50. The molecule has 0 unspecified atom stereocenters. The van der Waals surface area contributed by atoms with Crippen molar-refractivity contribution in [3.05, 3.63) is 39.9 Å². The second-order valence-corrected chi connectivity index (χ2v) is 7.00. The van der Waals surface area contributed by atoms with Crippen molar-refractivity contribution in [2.24, 2.45) is 0 Å². The van der Waals surface area contributed by atoms with Crippen LogP contribution in [0.3, 0.4) is 0 Å². The van der Waals surface area contributed by atoms with Crippen molar-refractivity contribution in [2.45, 2.75) is 18.9 Å². The van der Waals surface area contributed by atoms with Crippen molar-refractivity contribution in [2.75, 3.05) is 32.8 Å². The van der Waals surface area contributed by atoms with Crippen LogP contribution in [0.1, 0.15) is 18.4 Å². The third-order valence-corrected chi connectivity index (χ3v) is 5.04. The van der Waals surface area contributed by atoms with E-state index < -0.39 is 0 Å². The third-order valence-electron chi connectivity index (χ3n) is 4.48. The molecule has 2 amide bonds. The van der Waals surface area contributed by atoms with E-state index in [1.54, 1.807) is 34.1 Å². The Kier molecular flexibility index (Phi) is 5.99. The number of carbonyl (C=O) groups excluding carboxylic acids is 2. The highest BCUT2D eigenvalue weighted by atomic mass is 35.5. The molecule has 0 aromatic heterocycles. The molecule has 0 radical (unpaired) electrons. The zero-order valence-electron chi connectivity index (χ0n) is 13.8. The molecule has 1 atom stereocenters. The van der Waals surface area contributed by atoms with E-state index in [1.165, 1.54) is 6.08 Å². The van der Waals surface area contributed by atoms with E-state index >= 15 is 0 Å². The summed E-state index contributed by atoms with van der Waals surface area (Å²) in [6.07, 6.45) is 4.63. The van der Waals surface area contributed by atoms with Crippen molar-refractivity contribution in [1.82, 2.24) is 9.80 Å². The van der Waals surface area contributed by atoms with E-state index in [0.717, 1.165) is 18.4 Å². The topological polar surface area (TPSA) is 49.9 Å². The van der Waals surface area contributed by atoms with Crippen LogP contribution in [0.25, 0.3) is 6.08 Å². The van der Waals surface area contributed by atoms with Gasteiger partial charge < -0.3 is 14.5 Å². The molecule has 0 aliphatic carbocycles. The maximum atomic E-state index is 12.3. The zero-order chi connectivity index (χ0) is 17.8. The van der Waals surface area contributed by atoms with Crippen molar-refractivity contribution in [1.29, 1.82) is 0 Å². The Hall–Kier alpha value is -1.56. The van der Waals surface area contributed by atoms with Gasteiger partial charge in [-0.1, -0.05) is 29.3 Å². The third kappa shape index (κ3) is 4.54. The summed E-state index contributed by atoms with van der Waals surface area (Å²) in [4.78, 5) is 28.2. The molecule has 2 heterocycles. The predicted octanol–water partition coefficient (Wildman–Crippen LogP) is 2.86. The lowest BCUT2D eigenvalue weighted by Crippen LogP contribution is -2.52. The van der Waals surface area contributed by atoms with Crippen LogP contribution in [0.2, 0.25) is 10.0 Å². The number of carbonyl (C=O) groups is 2. The van der Waals surface area contributed by atoms with Gasteiger partial charge in [0.25, 0.3) is 5.91 Å². The minimum Gasteiger partial charge on any atom is -0.368 e. The number of amides is 2. The lowest BCUT2D eigenvalue weighted by molar-refractivity contribution is -0.144. The molecule has 0 N–H and O–H groups in total. The molecule has 0 spiro atoms. The van der Waals surface area contributed by atoms with E-state index in [0.29, 0.717) is 42.8 Å². The molecule has 1 aromatic rings. The first-order valence-corrected chi connectivity index (χ1v) is 9.12. The van der Waals surface area contributed by atoms with Gasteiger partial charge in [-0.05, 0) is 36.6 Å². The van der Waals surface area contributed by atoms with E-state index in [1.807, 2.05) is 0 Å². The van der Waals surface area contributed by atoms with Gasteiger partial charge in [0.1, 0.15) is 6.10 Å². The number of hydrogen-bond acceptors (Lipinski definition) is 3. The average Bonchev–Trinajstić information content (AvgIpc) is 3.15. The number of hydrogen-bond donors (Lipinski definition) is 0. The maximum Gasteiger partial charge on any atom is 0.251 e. The van der Waals surface area contributed by atoms with E-state index in [4.69, 9.17) is 27.9 Å². The first kappa shape index (κ1) is 18.2. The Morgan fingerprint density at radius 3 is 2.48 bits per heavy atom. The van der Waals surface area contributed by atoms with Crippen LogP contribution in [0, 0.1) is 0 Å². The molecular weight excluding hydrogens is 363 g/mol. The minimum atomic E-state index is -0.297. The van der Waals surface area contributed by atoms with Crippen molar-refractivity contribution < 1.29 is 14.3 Å². The number of nitrogens with zero attached hydrogens (tertiary/aromatic N) is 2. The number of piperazine rings is 1. The summed E-state index contributed by atoms with van der Waals surface area (Å²) in [5.74, 6) is -0.0386. The van der Waals surface area contributed by atoms with E-state index in [9.17, 15) is 9.59 Å². The molecular formula is C18H20Cl2N2O3. The van der Waals surface area contributed by atoms with Crippen LogP contribution in [-0.2, 0) is 14.3 Å². The molecule has 2 aliphatic rings. The normalized spacial score (nSPS) is 21.1. The molecule has 5 nitrogen and oxygen atoms in total. The van der Waals surface area contributed by atoms with Gasteiger partial charge in [0.05, 0.1) is 0 Å². The van der Waals surface area contributed by atoms with Gasteiger partial charge in [0, 0.05) is 48.9 Å². The fourth-order valence-electron chi connectivity index (χ4n) is 3.03. The summed E-state index contributed by atoms with van der Waals surface area (Å²) >= 11 is 12.0. The first-order valence-electron chi connectivity index (χ1n) is 8.37. The number of rotatable bonds is 3. The highest BCUT2D eigenvalue weighted by Crippen LogP contribution is 2.22. The fraction of sp³-hybridized carbons (Fsp3) is 0.444. The highest BCUT2D eigenvalue weighted by Gasteiger charge is 2.30. The Labute approximate surface area is 157 Å². The summed E-state index contributed by atoms with van der Waals surface area (Å²) in [5, 5.41) is 1.06. The summed E-state index contributed by atoms with van der Waals surface area (Å²) in [5.41, 5.74) is 0.742. The predicted molar refractivity (Wildman–Crippen MR) is 97.6 cm³/mol. The largest absolute Gasteiger partial charge is 0.368 e. The van der Waals surface area contributed by atoms with Gasteiger partial charge in [-0.3, -0.25) is 9.59 Å². The van der Waals surface area contributed by atoms with Gasteiger partial charge in [-0.15, -0.1) is 0 Å². The Morgan fingerprint density at radius 2 is 1.84 bits per heavy atom. The van der Waals surface area contributed by atoms with Crippen molar-refractivity contribution in [3.8, 4) is 0 Å². The Balaban J connectivity index is 1.52. The van der Waals surface area contributed by atoms with Crippen LogP contribution >= 0.6 is 23.2 Å². The molecule has 3 rings (SSSR count). The lowest BCUT2D eigenvalue weighted by Gasteiger charge is -2.35. The molecule has 2 saturated heterocycles. The van der Waals surface area contributed by atoms with Gasteiger partial charge in [0.2, 0.25) is 5.91 Å². The minimum absolute atomic E-state index is 0.0492. The van der Waals surface area contributed by atoms with Gasteiger partial charge in [0.15, 0.2) is 0 Å². The highest BCUT2D eigenvalue weighted by molar-refractivity contribution is 6.35. The smallest absolute Gasteiger partial charge is 0.251 e. The summed E-state index contributed by atoms with van der Waals surface area (Å²) in [7, 11) is 0. The molecule has 0 bridgehead atoms. The van der Waals surface area contributed by atoms with Crippen LogP contribution in [0.4, 0.5) is 0 Å². The second kappa shape index (κ2) is 8.21. The number of benzene rings is 1. The van der Waals surface area contributed by atoms with E-state index in [-0.39, 0.29) is 17.9 Å². The van der Waals surface area contributed by atoms with Crippen LogP contribution in [0.5, 0.6) is 0 Å². The summed E-state index contributed by atoms with van der Waals surface area (Å²) < 4.78 is 5.44. The monoisotopic (exact) mass is 382 g/mol. The van der Waals surface area contributed by atoms with Crippen molar-refractivity contribution in [3.63, 3.8) is 0 Å². The number of halogens is 2. The Morgan fingerprint density at radius 1 is 1.12 bits per heavy atom. The summed E-state index contributed by atoms with van der Waals surface area (Å²) in [6, 6.07) is 5.14. The van der Waals surface area contributed by atoms with Crippen LogP contribution in [0.15, 0.2) is 24.3 Å². The van der Waals surface area contributed by atoms with Gasteiger partial charge in [-0.2, -0.15) is 0 Å². The maximum absolute atomic E-state index is 12.3. The Bertz CT molecular complexity index is 679. The molecule has 134 valence electrons. The zero-order valence-corrected chi connectivity index (χ0v) is 15.3. The van der Waals surface area contributed by atoms with Gasteiger partial charge >= 0.3 is 0 Å². The molecule has 25 heavy (non-hydrogen) atoms. The van der Waals surface area contributed by atoms with Gasteiger partial charge in [-0.25, -0.2) is 0 Å². The molecule has 7 heteroatoms. The molecule has 2 aliphatic heterocycles. The standard InChI is InChI=1S/C18H20Cl2N2O3/c19-14-5-3-13(15(20)12-14)4-6-17(23)21-7-9-22(10-8-21)18(24)16-2-1-11-25-16/h3-6,12,16H,1-2,7-11H2/b6-4+/t16-/m0/s1. The van der Waals surface area contributed by atoms with Crippen molar-refractivity contribution >= 4 is 41.1 Å². The van der Waals surface area contributed by atoms with Crippen LogP contribution < -0.4 is 0 Å². The lowest BCUT2D eigenvalue weighted by atomic mass is 10.2. The average molecular weight is 383 g/mol.